The van der Waals surface area contributed by atoms with Gasteiger partial charge in [0.25, 0.3) is 5.91 Å². The van der Waals surface area contributed by atoms with Crippen molar-refractivity contribution >= 4 is 12.0 Å². The van der Waals surface area contributed by atoms with Gasteiger partial charge in [-0.1, -0.05) is 56.3 Å². The number of ether oxygens (including phenoxy) is 1. The SMILES string of the molecule is CC.CC(C)OC(=O)N(CCc1ccccc1)Cc1ccc(C(=O)NO)cc1. The van der Waals surface area contributed by atoms with Crippen molar-refractivity contribution in [2.24, 2.45) is 0 Å². The fourth-order valence-corrected chi connectivity index (χ4v) is 2.47. The van der Waals surface area contributed by atoms with E-state index in [1.807, 2.05) is 58.0 Å². The first kappa shape index (κ1) is 23.2. The van der Waals surface area contributed by atoms with Gasteiger partial charge in [0.15, 0.2) is 0 Å². The number of carbonyl (C=O) groups is 2. The molecule has 28 heavy (non-hydrogen) atoms. The maximum absolute atomic E-state index is 12.4. The number of hydroxylamine groups is 1. The quantitative estimate of drug-likeness (QED) is 0.545. The first-order valence-corrected chi connectivity index (χ1v) is 9.52. The standard InChI is InChI=1S/C20H24N2O4.C2H6/c1-15(2)26-20(24)22(13-12-16-6-4-3-5-7-16)14-17-8-10-18(11-9-17)19(23)21-25;1-2/h3-11,15,25H,12-14H2,1-2H3,(H,21,23);1-2H3. The van der Waals surface area contributed by atoms with Gasteiger partial charge in [-0.15, -0.1) is 0 Å². The molecule has 0 aromatic heterocycles. The van der Waals surface area contributed by atoms with Crippen LogP contribution in [0.4, 0.5) is 4.79 Å². The van der Waals surface area contributed by atoms with E-state index in [9.17, 15) is 9.59 Å². The third-order valence-electron chi connectivity index (χ3n) is 3.80. The maximum Gasteiger partial charge on any atom is 0.410 e. The molecule has 0 saturated heterocycles. The van der Waals surface area contributed by atoms with Gasteiger partial charge in [-0.3, -0.25) is 10.0 Å². The molecule has 6 heteroatoms. The Labute approximate surface area is 167 Å². The minimum atomic E-state index is -0.572. The zero-order chi connectivity index (χ0) is 20.9. The number of nitrogens with zero attached hydrogens (tertiary/aromatic N) is 1. The molecule has 0 atom stereocenters. The molecule has 6 nitrogen and oxygen atoms in total. The van der Waals surface area contributed by atoms with Crippen LogP contribution >= 0.6 is 0 Å². The van der Waals surface area contributed by atoms with E-state index in [2.05, 4.69) is 0 Å². The Bertz CT molecular complexity index is 715. The summed E-state index contributed by atoms with van der Waals surface area (Å²) in [5.74, 6) is -0.572. The summed E-state index contributed by atoms with van der Waals surface area (Å²) in [6.07, 6.45) is 0.157. The number of hydrogen-bond donors (Lipinski definition) is 2. The Kier molecular flexibility index (Phi) is 10.4. The highest BCUT2D eigenvalue weighted by Crippen LogP contribution is 2.11. The van der Waals surface area contributed by atoms with E-state index in [1.165, 1.54) is 0 Å². The van der Waals surface area contributed by atoms with Gasteiger partial charge in [0.2, 0.25) is 0 Å². The number of carbonyl (C=O) groups excluding carboxylic acids is 2. The predicted octanol–water partition coefficient (Wildman–Crippen LogP) is 4.42. The Morgan fingerprint density at radius 3 is 2.14 bits per heavy atom. The molecule has 2 aromatic rings. The van der Waals surface area contributed by atoms with Crippen molar-refractivity contribution in [3.63, 3.8) is 0 Å². The van der Waals surface area contributed by atoms with Crippen molar-refractivity contribution in [2.75, 3.05) is 6.54 Å². The molecule has 0 aliphatic rings. The number of amides is 2. The van der Waals surface area contributed by atoms with Crippen molar-refractivity contribution in [3.05, 3.63) is 71.3 Å². The maximum atomic E-state index is 12.4. The number of benzene rings is 2. The lowest BCUT2D eigenvalue weighted by molar-refractivity contribution is 0.0704. The van der Waals surface area contributed by atoms with E-state index in [0.717, 1.165) is 17.5 Å². The Morgan fingerprint density at radius 2 is 1.61 bits per heavy atom. The molecular formula is C22H30N2O4. The Hall–Kier alpha value is -2.86. The summed E-state index contributed by atoms with van der Waals surface area (Å²) < 4.78 is 5.34. The topological polar surface area (TPSA) is 78.9 Å². The first-order valence-electron chi connectivity index (χ1n) is 9.52. The molecule has 2 N–H and O–H groups in total. The van der Waals surface area contributed by atoms with Crippen LogP contribution in [-0.2, 0) is 17.7 Å². The molecule has 2 rings (SSSR count). The molecule has 0 heterocycles. The second kappa shape index (κ2) is 12.5. The average molecular weight is 386 g/mol. The minimum Gasteiger partial charge on any atom is -0.447 e. The minimum absolute atomic E-state index is 0.197. The van der Waals surface area contributed by atoms with Gasteiger partial charge < -0.3 is 9.64 Å². The molecule has 0 saturated carbocycles. The van der Waals surface area contributed by atoms with Crippen molar-refractivity contribution < 1.29 is 19.5 Å². The summed E-state index contributed by atoms with van der Waals surface area (Å²) in [4.78, 5) is 25.4. The van der Waals surface area contributed by atoms with Crippen molar-refractivity contribution in [1.82, 2.24) is 10.4 Å². The highest BCUT2D eigenvalue weighted by molar-refractivity contribution is 5.93. The molecule has 0 bridgehead atoms. The zero-order valence-corrected chi connectivity index (χ0v) is 17.0. The van der Waals surface area contributed by atoms with Gasteiger partial charge >= 0.3 is 6.09 Å². The highest BCUT2D eigenvalue weighted by atomic mass is 16.6. The van der Waals surface area contributed by atoms with Crippen LogP contribution in [0, 0.1) is 0 Å². The van der Waals surface area contributed by atoms with Gasteiger partial charge in [-0.05, 0) is 43.5 Å². The van der Waals surface area contributed by atoms with E-state index in [1.54, 1.807) is 34.6 Å². The van der Waals surface area contributed by atoms with Crippen LogP contribution in [0.2, 0.25) is 0 Å². The summed E-state index contributed by atoms with van der Waals surface area (Å²) in [5, 5.41) is 8.67. The third-order valence-corrected chi connectivity index (χ3v) is 3.80. The lowest BCUT2D eigenvalue weighted by Crippen LogP contribution is -2.34. The number of hydrogen-bond acceptors (Lipinski definition) is 4. The average Bonchev–Trinajstić information content (AvgIpc) is 2.72. The predicted molar refractivity (Wildman–Crippen MR) is 109 cm³/mol. The van der Waals surface area contributed by atoms with Crippen molar-refractivity contribution in [1.29, 1.82) is 0 Å². The van der Waals surface area contributed by atoms with E-state index in [4.69, 9.17) is 9.94 Å². The van der Waals surface area contributed by atoms with E-state index in [0.29, 0.717) is 18.7 Å². The first-order chi connectivity index (χ1) is 13.5. The molecule has 0 fully saturated rings. The molecule has 0 unspecified atom stereocenters. The molecule has 0 aliphatic carbocycles. The van der Waals surface area contributed by atoms with Gasteiger partial charge in [0.1, 0.15) is 0 Å². The molecule has 0 aliphatic heterocycles. The van der Waals surface area contributed by atoms with Crippen LogP contribution in [0.15, 0.2) is 54.6 Å². The molecule has 2 aromatic carbocycles. The summed E-state index contributed by atoms with van der Waals surface area (Å²) in [7, 11) is 0. The fourth-order valence-electron chi connectivity index (χ4n) is 2.47. The second-order valence-electron chi connectivity index (χ2n) is 6.23. The normalized spacial score (nSPS) is 9.93. The summed E-state index contributed by atoms with van der Waals surface area (Å²) in [6.45, 7) is 8.53. The van der Waals surface area contributed by atoms with E-state index < -0.39 is 5.91 Å². The lowest BCUT2D eigenvalue weighted by Gasteiger charge is -2.23. The van der Waals surface area contributed by atoms with Gasteiger partial charge in [-0.2, -0.15) is 0 Å². The highest BCUT2D eigenvalue weighted by Gasteiger charge is 2.17. The van der Waals surface area contributed by atoms with E-state index >= 15 is 0 Å². The van der Waals surface area contributed by atoms with Crippen LogP contribution in [0.1, 0.15) is 49.2 Å². The van der Waals surface area contributed by atoms with Crippen LogP contribution in [0.25, 0.3) is 0 Å². The van der Waals surface area contributed by atoms with Gasteiger partial charge in [0, 0.05) is 18.7 Å². The number of nitrogens with one attached hydrogen (secondary N) is 1. The van der Waals surface area contributed by atoms with Gasteiger partial charge in [0.05, 0.1) is 6.10 Å². The molecular weight excluding hydrogens is 356 g/mol. The van der Waals surface area contributed by atoms with Crippen LogP contribution in [0.5, 0.6) is 0 Å². The third kappa shape index (κ3) is 7.80. The Morgan fingerprint density at radius 1 is 1.00 bits per heavy atom. The van der Waals surface area contributed by atoms with Crippen molar-refractivity contribution in [3.8, 4) is 0 Å². The summed E-state index contributed by atoms with van der Waals surface area (Å²) in [6, 6.07) is 16.6. The summed E-state index contributed by atoms with van der Waals surface area (Å²) in [5.41, 5.74) is 3.95. The molecule has 0 radical (unpaired) electrons. The lowest BCUT2D eigenvalue weighted by atomic mass is 10.1. The van der Waals surface area contributed by atoms with E-state index in [-0.39, 0.29) is 12.2 Å². The van der Waals surface area contributed by atoms with Gasteiger partial charge in [-0.25, -0.2) is 10.3 Å². The molecule has 0 spiro atoms. The monoisotopic (exact) mass is 386 g/mol. The summed E-state index contributed by atoms with van der Waals surface area (Å²) >= 11 is 0. The zero-order valence-electron chi connectivity index (χ0n) is 17.0. The molecule has 152 valence electrons. The Balaban J connectivity index is 0.00000190. The molecule has 2 amide bonds. The van der Waals surface area contributed by atoms with Crippen LogP contribution in [-0.4, -0.2) is 34.8 Å². The smallest absolute Gasteiger partial charge is 0.410 e. The fraction of sp³-hybridized carbons (Fsp3) is 0.364. The van der Waals surface area contributed by atoms with Crippen LogP contribution in [0.3, 0.4) is 0 Å². The largest absolute Gasteiger partial charge is 0.447 e. The second-order valence-corrected chi connectivity index (χ2v) is 6.23. The van der Waals surface area contributed by atoms with Crippen LogP contribution < -0.4 is 5.48 Å². The number of rotatable bonds is 7. The van der Waals surface area contributed by atoms with Crippen molar-refractivity contribution in [2.45, 2.75) is 46.8 Å².